The lowest BCUT2D eigenvalue weighted by molar-refractivity contribution is -0.164. The highest BCUT2D eigenvalue weighted by Crippen LogP contribution is 2.35. The first kappa shape index (κ1) is 62.8. The lowest BCUT2D eigenvalue weighted by atomic mass is 9.84. The number of likely N-dealkylation sites (tertiary alicyclic amines) is 1. The monoisotopic (exact) mass is 1130 g/mol. The molecule has 3 aromatic carbocycles. The van der Waals surface area contributed by atoms with Gasteiger partial charge >= 0.3 is 5.97 Å². The fourth-order valence-electron chi connectivity index (χ4n) is 9.43. The molecule has 0 aliphatic carbocycles. The fraction of sp³-hybridized carbons (Fsp3) is 0.542. The van der Waals surface area contributed by atoms with Crippen molar-refractivity contribution >= 4 is 58.8 Å². The highest BCUT2D eigenvalue weighted by molar-refractivity contribution is 6.38. The van der Waals surface area contributed by atoms with E-state index in [1.807, 2.05) is 19.1 Å². The summed E-state index contributed by atoms with van der Waals surface area (Å²) in [5, 5.41) is 10.7. The van der Waals surface area contributed by atoms with Crippen LogP contribution in [0, 0.1) is 5.41 Å². The Bertz CT molecular complexity index is 2700. The zero-order chi connectivity index (χ0) is 58.3. The van der Waals surface area contributed by atoms with Crippen molar-refractivity contribution in [2.24, 2.45) is 5.41 Å². The first-order valence-electron chi connectivity index (χ1n) is 27.9. The second kappa shape index (κ2) is 31.5. The second-order valence-corrected chi connectivity index (χ2v) is 20.6. The third kappa shape index (κ3) is 18.6. The zero-order valence-corrected chi connectivity index (χ0v) is 47.2. The van der Waals surface area contributed by atoms with E-state index < -0.39 is 47.2 Å². The number of esters is 1. The van der Waals surface area contributed by atoms with Crippen molar-refractivity contribution in [3.63, 3.8) is 0 Å². The lowest BCUT2D eigenvalue weighted by Gasteiger charge is -2.36. The number of aryl methyl sites for hydroxylation is 1. The number of imide groups is 1. The molecule has 0 aromatic heterocycles. The first-order valence-corrected chi connectivity index (χ1v) is 27.9. The van der Waals surface area contributed by atoms with Gasteiger partial charge in [-0.2, -0.15) is 0 Å². The van der Waals surface area contributed by atoms with Gasteiger partial charge in [0.05, 0.1) is 47.2 Å². The van der Waals surface area contributed by atoms with Gasteiger partial charge in [-0.25, -0.2) is 4.79 Å². The molecule has 4 N–H and O–H groups in total. The number of carbonyl (C=O) groups excluding carboxylic acids is 9. The third-order valence-corrected chi connectivity index (χ3v) is 14.5. The maximum atomic E-state index is 14.1. The van der Waals surface area contributed by atoms with Crippen molar-refractivity contribution in [2.75, 3.05) is 85.4 Å². The van der Waals surface area contributed by atoms with Gasteiger partial charge in [-0.3, -0.25) is 43.7 Å². The van der Waals surface area contributed by atoms with Gasteiger partial charge in [0.1, 0.15) is 23.9 Å². The minimum absolute atomic E-state index is 0.0374. The maximum Gasteiger partial charge on any atom is 0.329 e. The van der Waals surface area contributed by atoms with Gasteiger partial charge in [-0.1, -0.05) is 45.0 Å². The van der Waals surface area contributed by atoms with E-state index in [0.717, 1.165) is 5.56 Å². The van der Waals surface area contributed by atoms with E-state index in [-0.39, 0.29) is 74.9 Å². The number of ketones is 1. The Kier molecular flexibility index (Phi) is 24.4. The van der Waals surface area contributed by atoms with E-state index in [0.29, 0.717) is 144 Å². The summed E-state index contributed by atoms with van der Waals surface area (Å²) in [5.41, 5.74) is 2.07. The molecule has 3 aliphatic heterocycles. The van der Waals surface area contributed by atoms with Crippen molar-refractivity contribution < 1.29 is 76.3 Å². The summed E-state index contributed by atoms with van der Waals surface area (Å²) in [5.74, 6) is -2.53. The number of benzene rings is 3. The predicted octanol–water partition coefficient (Wildman–Crippen LogP) is 4.93. The minimum atomic E-state index is -0.928. The smallest absolute Gasteiger partial charge is 0.329 e. The zero-order valence-electron chi connectivity index (χ0n) is 47.2. The van der Waals surface area contributed by atoms with Crippen molar-refractivity contribution in [1.29, 1.82) is 0 Å². The summed E-state index contributed by atoms with van der Waals surface area (Å²) in [6.07, 6.45) is 3.61. The number of nitrogens with one attached hydrogen (secondary N) is 4. The van der Waals surface area contributed by atoms with Crippen LogP contribution in [0.4, 0.5) is 5.69 Å². The Morgan fingerprint density at radius 3 is 2.12 bits per heavy atom. The molecule has 2 fully saturated rings. The molecule has 440 valence electrons. The van der Waals surface area contributed by atoms with Crippen LogP contribution in [0.2, 0.25) is 0 Å². The molecule has 22 nitrogen and oxygen atoms in total. The second-order valence-electron chi connectivity index (χ2n) is 20.6. The number of piperidine rings is 2. The molecule has 0 radical (unpaired) electrons. The molecule has 3 heterocycles. The summed E-state index contributed by atoms with van der Waals surface area (Å²) in [6, 6.07) is 15.8. The number of hydrogen-bond donors (Lipinski definition) is 4. The molecule has 3 atom stereocenters. The van der Waals surface area contributed by atoms with Crippen LogP contribution in [0.1, 0.15) is 125 Å². The SMILES string of the molecule is CCC(C)(C)C(=O)C(=O)N1CCCC[C@H]1C(=O)O[C@H](CCc1ccc(OC)c(OC)c1)c1cccc(NC(=O)CCC(=O)NCCCOCCOCCOCCCNC(=O)COc2cccc3c2CN(C2CCC(=O)NC2=O)C3=O)c1. The fourth-order valence-corrected chi connectivity index (χ4v) is 9.43. The highest BCUT2D eigenvalue weighted by Gasteiger charge is 2.42. The summed E-state index contributed by atoms with van der Waals surface area (Å²) < 4.78 is 39.6. The Balaban J connectivity index is 0.821. The first-order chi connectivity index (χ1) is 39.0. The molecule has 22 heteroatoms. The molecule has 0 saturated carbocycles. The number of methoxy groups -OCH3 is 2. The van der Waals surface area contributed by atoms with Crippen molar-refractivity contribution in [1.82, 2.24) is 25.8 Å². The van der Waals surface area contributed by atoms with Gasteiger partial charge in [0, 0.05) is 74.3 Å². The summed E-state index contributed by atoms with van der Waals surface area (Å²) >= 11 is 0. The minimum Gasteiger partial charge on any atom is -0.493 e. The molecule has 3 aliphatic rings. The molecule has 6 rings (SSSR count). The number of nitrogens with zero attached hydrogens (tertiary/aromatic N) is 2. The predicted molar refractivity (Wildman–Crippen MR) is 295 cm³/mol. The van der Waals surface area contributed by atoms with E-state index in [1.165, 1.54) is 9.80 Å². The average Bonchev–Trinajstić information content (AvgIpc) is 4.07. The normalized spacial score (nSPS) is 16.4. The van der Waals surface area contributed by atoms with Crippen molar-refractivity contribution in [3.05, 3.63) is 82.9 Å². The number of hydrogen-bond acceptors (Lipinski definition) is 16. The lowest BCUT2D eigenvalue weighted by Crippen LogP contribution is -2.53. The molecule has 0 spiro atoms. The summed E-state index contributed by atoms with van der Waals surface area (Å²) in [4.78, 5) is 119. The van der Waals surface area contributed by atoms with E-state index in [9.17, 15) is 43.2 Å². The van der Waals surface area contributed by atoms with Crippen LogP contribution < -0.4 is 35.5 Å². The van der Waals surface area contributed by atoms with E-state index in [2.05, 4.69) is 21.3 Å². The molecule has 7 amide bonds. The van der Waals surface area contributed by atoms with Crippen LogP contribution in [0.3, 0.4) is 0 Å². The van der Waals surface area contributed by atoms with Crippen LogP contribution in [-0.2, 0) is 70.3 Å². The Labute approximate surface area is 472 Å². The largest absolute Gasteiger partial charge is 0.493 e. The van der Waals surface area contributed by atoms with Gasteiger partial charge in [-0.15, -0.1) is 0 Å². The number of ether oxygens (including phenoxy) is 7. The summed E-state index contributed by atoms with van der Waals surface area (Å²) in [7, 11) is 3.10. The van der Waals surface area contributed by atoms with Crippen LogP contribution >= 0.6 is 0 Å². The molecule has 1 unspecified atom stereocenters. The van der Waals surface area contributed by atoms with Crippen LogP contribution in [0.5, 0.6) is 17.2 Å². The van der Waals surface area contributed by atoms with Gasteiger partial charge in [-0.05, 0) is 105 Å². The van der Waals surface area contributed by atoms with E-state index in [4.69, 9.17) is 33.2 Å². The molecule has 2 saturated heterocycles. The number of rotatable bonds is 33. The van der Waals surface area contributed by atoms with Gasteiger partial charge in [0.15, 0.2) is 18.1 Å². The number of fused-ring (bicyclic) bond motifs is 1. The number of anilines is 1. The Hall–Kier alpha value is -7.43. The quantitative estimate of drug-likeness (QED) is 0.0273. The Morgan fingerprint density at radius 2 is 1.43 bits per heavy atom. The van der Waals surface area contributed by atoms with Crippen LogP contribution in [0.25, 0.3) is 0 Å². The molecule has 3 aromatic rings. The van der Waals surface area contributed by atoms with Crippen molar-refractivity contribution in [2.45, 2.75) is 123 Å². The molecular formula is C59H78N6O16. The Morgan fingerprint density at radius 1 is 0.753 bits per heavy atom. The molecular weight excluding hydrogens is 1050 g/mol. The number of carbonyl (C=O) groups is 9. The molecule has 81 heavy (non-hydrogen) atoms. The highest BCUT2D eigenvalue weighted by atomic mass is 16.6. The van der Waals surface area contributed by atoms with Crippen LogP contribution in [-0.4, -0.2) is 155 Å². The van der Waals surface area contributed by atoms with Crippen molar-refractivity contribution in [3.8, 4) is 17.2 Å². The number of Topliss-reactive ketones (excluding diaryl/α,β-unsaturated/α-hetero) is 1. The molecule has 0 bridgehead atoms. The maximum absolute atomic E-state index is 14.1. The number of amides is 7. The third-order valence-electron chi connectivity index (χ3n) is 14.5. The van der Waals surface area contributed by atoms with E-state index in [1.54, 1.807) is 76.6 Å². The van der Waals surface area contributed by atoms with Gasteiger partial charge < -0.3 is 58.9 Å². The summed E-state index contributed by atoms with van der Waals surface area (Å²) in [6.45, 7) is 8.38. The standard InChI is InChI=1S/C59H78N6O16/c1-6-59(2,3)54(70)57(73)64-28-8-7-16-45(64)58(74)81-46(21-18-39-19-22-48(75-4)49(35-39)76-5)40-13-9-14-41(36-40)62-51(67)25-24-50(66)60-26-11-29-77-31-33-79-34-32-78-30-12-27-61-53(69)38-80-47-17-10-15-42-43(47)37-65(56(42)72)44-20-23-52(68)63-55(44)71/h9-10,13-15,17,19,22,35-36,44-46H,6-8,11-12,16,18,20-21,23-34,37-38H2,1-5H3,(H,60,66)(H,61,69)(H,62,67)(H,63,68,71)/t44?,45-,46+/m0/s1. The average molecular weight is 1130 g/mol. The van der Waals surface area contributed by atoms with E-state index >= 15 is 0 Å². The van der Waals surface area contributed by atoms with Crippen LogP contribution in [0.15, 0.2) is 60.7 Å². The topological polar surface area (TPSA) is 273 Å². The van der Waals surface area contributed by atoms with Gasteiger partial charge in [0.25, 0.3) is 17.7 Å². The van der Waals surface area contributed by atoms with Gasteiger partial charge in [0.2, 0.25) is 29.4 Å².